The van der Waals surface area contributed by atoms with Crippen LogP contribution >= 0.6 is 0 Å². The van der Waals surface area contributed by atoms with E-state index in [1.54, 1.807) is 12.5 Å². The first-order valence-electron chi connectivity index (χ1n) is 9.10. The lowest BCUT2D eigenvalue weighted by Crippen LogP contribution is -2.21. The van der Waals surface area contributed by atoms with E-state index in [1.807, 2.05) is 43.3 Å². The lowest BCUT2D eigenvalue weighted by Gasteiger charge is -2.21. The Morgan fingerprint density at radius 3 is 2.79 bits per heavy atom. The van der Waals surface area contributed by atoms with Crippen molar-refractivity contribution in [2.24, 2.45) is 0 Å². The molecule has 7 heteroatoms. The number of nitrogens with zero attached hydrogens (tertiary/aromatic N) is 4. The van der Waals surface area contributed by atoms with E-state index in [1.165, 1.54) is 0 Å². The van der Waals surface area contributed by atoms with Crippen LogP contribution in [0.15, 0.2) is 53.3 Å². The number of Topliss-reactive ketones (excluding diaryl/α,β-unsaturated/α-hetero) is 1. The van der Waals surface area contributed by atoms with E-state index in [9.17, 15) is 4.79 Å². The number of para-hydroxylation sites is 1. The number of fused-ring (bicyclic) bond motifs is 2. The van der Waals surface area contributed by atoms with Crippen LogP contribution in [0.3, 0.4) is 0 Å². The lowest BCUT2D eigenvalue weighted by atomic mass is 9.85. The third-order valence-electron chi connectivity index (χ3n) is 5.00. The van der Waals surface area contributed by atoms with Gasteiger partial charge in [0.1, 0.15) is 5.76 Å². The Hall–Kier alpha value is -3.61. The van der Waals surface area contributed by atoms with E-state index in [2.05, 4.69) is 25.3 Å². The topological polar surface area (TPSA) is 93.8 Å². The maximum atomic E-state index is 12.5. The monoisotopic (exact) mass is 371 g/mol. The van der Waals surface area contributed by atoms with Gasteiger partial charge in [-0.25, -0.2) is 19.9 Å². The Balaban J connectivity index is 1.46. The first-order chi connectivity index (χ1) is 13.7. The van der Waals surface area contributed by atoms with Crippen molar-refractivity contribution in [2.45, 2.75) is 25.7 Å². The van der Waals surface area contributed by atoms with Crippen molar-refractivity contribution >= 4 is 28.6 Å². The zero-order valence-corrected chi connectivity index (χ0v) is 15.2. The molecule has 4 aromatic rings. The predicted octanol–water partition coefficient (Wildman–Crippen LogP) is 3.98. The van der Waals surface area contributed by atoms with E-state index >= 15 is 0 Å². The molecule has 0 saturated heterocycles. The second-order valence-corrected chi connectivity index (χ2v) is 6.87. The Morgan fingerprint density at radius 2 is 1.93 bits per heavy atom. The molecule has 0 radical (unpaired) electrons. The summed E-state index contributed by atoms with van der Waals surface area (Å²) in [6.07, 6.45) is 4.24. The molecular formula is C21H17N5O2. The molecule has 1 unspecified atom stereocenters. The van der Waals surface area contributed by atoms with Crippen LogP contribution < -0.4 is 5.32 Å². The van der Waals surface area contributed by atoms with Gasteiger partial charge in [0.15, 0.2) is 5.78 Å². The molecule has 28 heavy (non-hydrogen) atoms. The summed E-state index contributed by atoms with van der Waals surface area (Å²) in [5.41, 5.74) is 3.01. The zero-order valence-electron chi connectivity index (χ0n) is 15.2. The molecule has 0 fully saturated rings. The molecule has 5 rings (SSSR count). The number of carbonyl (C=O) groups is 1. The SMILES string of the molecule is Cc1nc(Nc2ncc3c(n2)CC(c2ccco2)CC3=O)nc2ccccc12. The minimum absolute atomic E-state index is 0.00286. The van der Waals surface area contributed by atoms with Crippen molar-refractivity contribution < 1.29 is 9.21 Å². The second-order valence-electron chi connectivity index (χ2n) is 6.87. The van der Waals surface area contributed by atoms with E-state index in [0.29, 0.717) is 36.0 Å². The highest BCUT2D eigenvalue weighted by molar-refractivity contribution is 5.98. The zero-order chi connectivity index (χ0) is 19.1. The number of furan rings is 1. The van der Waals surface area contributed by atoms with Gasteiger partial charge < -0.3 is 4.42 Å². The van der Waals surface area contributed by atoms with Crippen molar-refractivity contribution in [2.75, 3.05) is 5.32 Å². The largest absolute Gasteiger partial charge is 0.469 e. The molecule has 3 aromatic heterocycles. The third-order valence-corrected chi connectivity index (χ3v) is 5.00. The fraction of sp³-hybridized carbons (Fsp3) is 0.190. The molecular weight excluding hydrogens is 354 g/mol. The number of ketones is 1. The van der Waals surface area contributed by atoms with Gasteiger partial charge >= 0.3 is 0 Å². The van der Waals surface area contributed by atoms with Crippen LogP contribution in [-0.2, 0) is 6.42 Å². The van der Waals surface area contributed by atoms with Crippen molar-refractivity contribution in [3.8, 4) is 0 Å². The van der Waals surface area contributed by atoms with Crippen LogP contribution in [0.5, 0.6) is 0 Å². The molecule has 1 aromatic carbocycles. The first-order valence-corrected chi connectivity index (χ1v) is 9.10. The highest BCUT2D eigenvalue weighted by Crippen LogP contribution is 2.32. The smallest absolute Gasteiger partial charge is 0.230 e. The van der Waals surface area contributed by atoms with Crippen molar-refractivity contribution in [1.29, 1.82) is 0 Å². The van der Waals surface area contributed by atoms with Gasteiger partial charge in [-0.3, -0.25) is 10.1 Å². The van der Waals surface area contributed by atoms with Gasteiger partial charge in [0, 0.05) is 30.3 Å². The van der Waals surface area contributed by atoms with E-state index < -0.39 is 0 Å². The number of rotatable bonds is 3. The molecule has 3 heterocycles. The predicted molar refractivity (Wildman–Crippen MR) is 104 cm³/mol. The van der Waals surface area contributed by atoms with E-state index in [4.69, 9.17) is 4.42 Å². The summed E-state index contributed by atoms with van der Waals surface area (Å²) < 4.78 is 5.49. The van der Waals surface area contributed by atoms with Gasteiger partial charge in [0.05, 0.1) is 28.7 Å². The molecule has 0 spiro atoms. The number of nitrogens with one attached hydrogen (secondary N) is 1. The van der Waals surface area contributed by atoms with Crippen molar-refractivity contribution in [1.82, 2.24) is 19.9 Å². The van der Waals surface area contributed by atoms with E-state index in [0.717, 1.165) is 22.4 Å². The normalized spacial score (nSPS) is 16.2. The van der Waals surface area contributed by atoms with Gasteiger partial charge in [-0.2, -0.15) is 0 Å². The lowest BCUT2D eigenvalue weighted by molar-refractivity contribution is 0.0958. The maximum Gasteiger partial charge on any atom is 0.230 e. The van der Waals surface area contributed by atoms with Gasteiger partial charge in [0.25, 0.3) is 0 Å². The standard InChI is InChI=1S/C21H17N5O2/c1-12-14-5-2-3-6-16(14)24-21(23-12)26-20-22-11-15-17(25-20)9-13(10-18(15)27)19-7-4-8-28-19/h2-8,11,13H,9-10H2,1H3,(H,22,23,24,25,26). The Bertz CT molecular complexity index is 1190. The van der Waals surface area contributed by atoms with Gasteiger partial charge in [-0.15, -0.1) is 0 Å². The summed E-state index contributed by atoms with van der Waals surface area (Å²) in [5, 5.41) is 4.08. The third kappa shape index (κ3) is 2.90. The Morgan fingerprint density at radius 1 is 1.04 bits per heavy atom. The summed E-state index contributed by atoms with van der Waals surface area (Å²) in [5.74, 6) is 1.65. The van der Waals surface area contributed by atoms with E-state index in [-0.39, 0.29) is 11.7 Å². The fourth-order valence-electron chi connectivity index (χ4n) is 3.62. The molecule has 0 aliphatic heterocycles. The number of benzene rings is 1. The number of hydrogen-bond acceptors (Lipinski definition) is 7. The molecule has 1 aliphatic carbocycles. The molecule has 1 atom stereocenters. The molecule has 1 N–H and O–H groups in total. The maximum absolute atomic E-state index is 12.5. The van der Waals surface area contributed by atoms with Crippen LogP contribution in [0, 0.1) is 6.92 Å². The van der Waals surface area contributed by atoms with Crippen LogP contribution in [0.4, 0.5) is 11.9 Å². The summed E-state index contributed by atoms with van der Waals surface area (Å²) in [4.78, 5) is 30.4. The molecule has 1 aliphatic rings. The van der Waals surface area contributed by atoms with Gasteiger partial charge in [0.2, 0.25) is 11.9 Å². The van der Waals surface area contributed by atoms with Gasteiger partial charge in [-0.1, -0.05) is 18.2 Å². The minimum Gasteiger partial charge on any atom is -0.469 e. The van der Waals surface area contributed by atoms with Gasteiger partial charge in [-0.05, 0) is 25.1 Å². The average molecular weight is 371 g/mol. The van der Waals surface area contributed by atoms with Crippen molar-refractivity contribution in [3.63, 3.8) is 0 Å². The highest BCUT2D eigenvalue weighted by Gasteiger charge is 2.29. The fourth-order valence-corrected chi connectivity index (χ4v) is 3.62. The number of anilines is 2. The molecule has 0 bridgehead atoms. The molecule has 138 valence electrons. The molecule has 7 nitrogen and oxygen atoms in total. The van der Waals surface area contributed by atoms with Crippen LogP contribution in [0.25, 0.3) is 10.9 Å². The number of aryl methyl sites for hydroxylation is 1. The minimum atomic E-state index is -0.00286. The molecule has 0 amide bonds. The first kappa shape index (κ1) is 16.6. The number of hydrogen-bond donors (Lipinski definition) is 1. The number of carbonyl (C=O) groups excluding carboxylic acids is 1. The van der Waals surface area contributed by atoms with Crippen LogP contribution in [0.2, 0.25) is 0 Å². The number of aromatic nitrogens is 4. The quantitative estimate of drug-likeness (QED) is 0.582. The van der Waals surface area contributed by atoms with Crippen LogP contribution in [-0.4, -0.2) is 25.7 Å². The summed E-state index contributed by atoms with van der Waals surface area (Å²) in [7, 11) is 0. The summed E-state index contributed by atoms with van der Waals surface area (Å²) in [6, 6.07) is 11.6. The average Bonchev–Trinajstić information content (AvgIpc) is 3.23. The summed E-state index contributed by atoms with van der Waals surface area (Å²) in [6.45, 7) is 1.94. The van der Waals surface area contributed by atoms with Crippen molar-refractivity contribution in [3.05, 3.63) is 71.6 Å². The highest BCUT2D eigenvalue weighted by atomic mass is 16.3. The summed E-state index contributed by atoms with van der Waals surface area (Å²) >= 11 is 0. The van der Waals surface area contributed by atoms with Crippen LogP contribution in [0.1, 0.15) is 39.8 Å². The Labute approximate surface area is 160 Å². The molecule has 0 saturated carbocycles. The Kier molecular flexibility index (Phi) is 3.86. The second kappa shape index (κ2) is 6.53.